The lowest BCUT2D eigenvalue weighted by molar-refractivity contribution is 1.21. The van der Waals surface area contributed by atoms with E-state index in [9.17, 15) is 0 Å². The zero-order valence-electron chi connectivity index (χ0n) is 14.5. The molecule has 124 valence electrons. The van der Waals surface area contributed by atoms with Crippen molar-refractivity contribution in [2.75, 3.05) is 4.90 Å². The van der Waals surface area contributed by atoms with Gasteiger partial charge in [0.25, 0.3) is 0 Å². The fourth-order valence-electron chi connectivity index (χ4n) is 3.91. The highest BCUT2D eigenvalue weighted by Gasteiger charge is 2.21. The Balaban J connectivity index is 1.75. The Morgan fingerprint density at radius 3 is 1.85 bits per heavy atom. The molecule has 0 aliphatic heterocycles. The predicted octanol–water partition coefficient (Wildman–Crippen LogP) is 6.58. The maximum Gasteiger partial charge on any atom is 0.0503 e. The van der Waals surface area contributed by atoms with Crippen LogP contribution in [0.15, 0.2) is 103 Å². The second-order valence-electron chi connectivity index (χ2n) is 6.62. The molecule has 0 N–H and O–H groups in total. The van der Waals surface area contributed by atoms with Gasteiger partial charge in [-0.15, -0.1) is 0 Å². The van der Waals surface area contributed by atoms with Crippen molar-refractivity contribution in [1.29, 1.82) is 0 Å². The first-order valence-corrected chi connectivity index (χ1v) is 9.03. The second-order valence-corrected chi connectivity index (χ2v) is 6.62. The summed E-state index contributed by atoms with van der Waals surface area (Å²) in [4.78, 5) is 2.37. The van der Waals surface area contributed by atoms with Crippen LogP contribution in [0, 0.1) is 0 Å². The Bertz CT molecular complexity index is 1050. The summed E-state index contributed by atoms with van der Waals surface area (Å²) in [7, 11) is 0. The molecule has 0 unspecified atom stereocenters. The zero-order chi connectivity index (χ0) is 17.3. The SMILES string of the molecule is C1=C(N(c2ccccc2)c2ccccc2)c2cccc3cccc(c23)C1. The van der Waals surface area contributed by atoms with E-state index in [1.165, 1.54) is 39.0 Å². The molecule has 1 nitrogen and oxygen atoms in total. The molecule has 1 aliphatic carbocycles. The molecule has 0 amide bonds. The second kappa shape index (κ2) is 6.20. The number of hydrogen-bond acceptors (Lipinski definition) is 1. The Morgan fingerprint density at radius 2 is 1.19 bits per heavy atom. The van der Waals surface area contributed by atoms with Crippen LogP contribution < -0.4 is 4.90 Å². The van der Waals surface area contributed by atoms with Gasteiger partial charge in [-0.2, -0.15) is 0 Å². The van der Waals surface area contributed by atoms with E-state index in [1.807, 2.05) is 0 Å². The molecule has 0 fully saturated rings. The number of hydrogen-bond donors (Lipinski definition) is 0. The molecule has 0 radical (unpaired) electrons. The number of allylic oxidation sites excluding steroid dienone is 1. The van der Waals surface area contributed by atoms with Crippen molar-refractivity contribution in [3.8, 4) is 0 Å². The quantitative estimate of drug-likeness (QED) is 0.409. The van der Waals surface area contributed by atoms with Crippen molar-refractivity contribution in [3.63, 3.8) is 0 Å². The van der Waals surface area contributed by atoms with Crippen LogP contribution in [-0.2, 0) is 6.42 Å². The predicted molar refractivity (Wildman–Crippen MR) is 111 cm³/mol. The van der Waals surface area contributed by atoms with E-state index >= 15 is 0 Å². The van der Waals surface area contributed by atoms with Crippen LogP contribution >= 0.6 is 0 Å². The highest BCUT2D eigenvalue weighted by molar-refractivity contribution is 6.02. The van der Waals surface area contributed by atoms with Gasteiger partial charge in [-0.1, -0.05) is 78.9 Å². The number of anilines is 2. The molecule has 1 aliphatic rings. The third-order valence-electron chi connectivity index (χ3n) is 5.05. The van der Waals surface area contributed by atoms with Gasteiger partial charge in [-0.25, -0.2) is 0 Å². The minimum atomic E-state index is 0.958. The third-order valence-corrected chi connectivity index (χ3v) is 5.05. The van der Waals surface area contributed by atoms with Gasteiger partial charge in [0.15, 0.2) is 0 Å². The minimum absolute atomic E-state index is 0.958. The Morgan fingerprint density at radius 1 is 0.577 bits per heavy atom. The Labute approximate surface area is 153 Å². The fraction of sp³-hybridized carbons (Fsp3) is 0.0400. The number of rotatable bonds is 3. The topological polar surface area (TPSA) is 3.24 Å². The van der Waals surface area contributed by atoms with Crippen molar-refractivity contribution in [2.24, 2.45) is 0 Å². The molecule has 0 saturated heterocycles. The van der Waals surface area contributed by atoms with Crippen LogP contribution in [0.3, 0.4) is 0 Å². The van der Waals surface area contributed by atoms with E-state index in [0.717, 1.165) is 6.42 Å². The maximum absolute atomic E-state index is 2.37. The van der Waals surface area contributed by atoms with Crippen molar-refractivity contribution in [3.05, 3.63) is 114 Å². The molecule has 0 atom stereocenters. The molecule has 5 rings (SSSR count). The fourth-order valence-corrected chi connectivity index (χ4v) is 3.91. The summed E-state index contributed by atoms with van der Waals surface area (Å²) in [6.07, 6.45) is 3.32. The first-order valence-electron chi connectivity index (χ1n) is 9.03. The van der Waals surface area contributed by atoms with Crippen molar-refractivity contribution >= 4 is 27.8 Å². The van der Waals surface area contributed by atoms with Gasteiger partial charge in [0.1, 0.15) is 0 Å². The van der Waals surface area contributed by atoms with Gasteiger partial charge in [0.05, 0.1) is 5.70 Å². The average Bonchev–Trinajstić information content (AvgIpc) is 2.72. The molecule has 26 heavy (non-hydrogen) atoms. The molecule has 0 aromatic heterocycles. The van der Waals surface area contributed by atoms with Crippen LogP contribution in [0.5, 0.6) is 0 Å². The van der Waals surface area contributed by atoms with Gasteiger partial charge in [-0.3, -0.25) is 0 Å². The largest absolute Gasteiger partial charge is 0.310 e. The summed E-state index contributed by atoms with van der Waals surface area (Å²) < 4.78 is 0. The molecule has 0 spiro atoms. The van der Waals surface area contributed by atoms with Crippen molar-refractivity contribution in [2.45, 2.75) is 6.42 Å². The monoisotopic (exact) mass is 333 g/mol. The van der Waals surface area contributed by atoms with E-state index in [0.29, 0.717) is 0 Å². The van der Waals surface area contributed by atoms with Crippen LogP contribution in [-0.4, -0.2) is 0 Å². The first-order chi connectivity index (χ1) is 12.9. The van der Waals surface area contributed by atoms with Gasteiger partial charge >= 0.3 is 0 Å². The highest BCUT2D eigenvalue weighted by atomic mass is 15.1. The summed E-state index contributed by atoms with van der Waals surface area (Å²) in [5, 5.41) is 2.69. The Hall–Kier alpha value is -3.32. The van der Waals surface area contributed by atoms with Gasteiger partial charge in [0.2, 0.25) is 0 Å². The van der Waals surface area contributed by atoms with E-state index in [2.05, 4.69) is 108 Å². The first kappa shape index (κ1) is 15.0. The number of nitrogens with zero attached hydrogens (tertiary/aromatic N) is 1. The molecular weight excluding hydrogens is 314 g/mol. The van der Waals surface area contributed by atoms with Crippen LogP contribution in [0.1, 0.15) is 11.1 Å². The molecule has 0 bridgehead atoms. The van der Waals surface area contributed by atoms with Crippen LogP contribution in [0.2, 0.25) is 0 Å². The molecular formula is C25H19N. The van der Waals surface area contributed by atoms with E-state index < -0.39 is 0 Å². The molecule has 4 aromatic carbocycles. The lowest BCUT2D eigenvalue weighted by Crippen LogP contribution is -2.17. The van der Waals surface area contributed by atoms with Gasteiger partial charge < -0.3 is 4.90 Å². The minimum Gasteiger partial charge on any atom is -0.310 e. The van der Waals surface area contributed by atoms with E-state index in [1.54, 1.807) is 0 Å². The summed E-state index contributed by atoms with van der Waals surface area (Å²) >= 11 is 0. The lowest BCUT2D eigenvalue weighted by Gasteiger charge is -2.31. The summed E-state index contributed by atoms with van der Waals surface area (Å²) in [5.41, 5.74) is 6.33. The zero-order valence-corrected chi connectivity index (χ0v) is 14.5. The van der Waals surface area contributed by atoms with E-state index in [-0.39, 0.29) is 0 Å². The Kier molecular flexibility index (Phi) is 3.57. The standard InChI is InChI=1S/C25H19N/c1-3-12-21(13-4-1)26(22-14-5-2-6-15-22)24-18-17-20-10-7-9-19-11-8-16-23(24)25(19)20/h1-16,18H,17H2. The van der Waals surface area contributed by atoms with E-state index in [4.69, 9.17) is 0 Å². The van der Waals surface area contributed by atoms with Crippen molar-refractivity contribution in [1.82, 2.24) is 0 Å². The average molecular weight is 333 g/mol. The summed E-state index contributed by atoms with van der Waals surface area (Å²) in [6, 6.07) is 34.5. The van der Waals surface area contributed by atoms with Crippen LogP contribution in [0.4, 0.5) is 11.4 Å². The number of benzene rings is 4. The molecule has 0 heterocycles. The summed E-state index contributed by atoms with van der Waals surface area (Å²) in [5.74, 6) is 0. The maximum atomic E-state index is 2.37. The molecule has 0 saturated carbocycles. The summed E-state index contributed by atoms with van der Waals surface area (Å²) in [6.45, 7) is 0. The smallest absolute Gasteiger partial charge is 0.0503 e. The van der Waals surface area contributed by atoms with Crippen LogP contribution in [0.25, 0.3) is 16.5 Å². The normalized spacial score (nSPS) is 12.7. The number of para-hydroxylation sites is 2. The van der Waals surface area contributed by atoms with Gasteiger partial charge in [-0.05, 0) is 47.0 Å². The lowest BCUT2D eigenvalue weighted by atomic mass is 9.90. The molecule has 4 aromatic rings. The third kappa shape index (κ3) is 2.41. The van der Waals surface area contributed by atoms with Crippen molar-refractivity contribution < 1.29 is 0 Å². The highest BCUT2D eigenvalue weighted by Crippen LogP contribution is 2.40. The molecule has 1 heteroatoms. The van der Waals surface area contributed by atoms with Gasteiger partial charge in [0, 0.05) is 16.9 Å².